The summed E-state index contributed by atoms with van der Waals surface area (Å²) in [6.07, 6.45) is 1.87. The number of imide groups is 2. The lowest BCUT2D eigenvalue weighted by Crippen LogP contribution is -2.54. The van der Waals surface area contributed by atoms with E-state index in [1.54, 1.807) is 24.4 Å². The Labute approximate surface area is 379 Å². The molecule has 6 aliphatic heterocycles. The van der Waals surface area contributed by atoms with Crippen LogP contribution in [0, 0.1) is 12.5 Å². The van der Waals surface area contributed by atoms with E-state index >= 15 is 4.39 Å². The molecule has 2 N–H and O–H groups in total. The number of halogens is 4. The minimum atomic E-state index is -4.76. The number of nitrogens with zero attached hydrogens (tertiary/aromatic N) is 9. The number of carbonyl (C=O) groups excluding carboxylic acids is 5. The molecular weight excluding hydrogens is 863 g/mol. The molecule has 348 valence electrons. The Morgan fingerprint density at radius 1 is 0.773 bits per heavy atom. The van der Waals surface area contributed by atoms with E-state index in [4.69, 9.17) is 6.57 Å². The van der Waals surface area contributed by atoms with Crippen molar-refractivity contribution in [3.05, 3.63) is 76.9 Å². The minimum absolute atomic E-state index is 0.00584. The van der Waals surface area contributed by atoms with Crippen LogP contribution in [-0.4, -0.2) is 144 Å². The lowest BCUT2D eigenvalue weighted by Gasteiger charge is -2.44. The number of hydrogen-bond acceptors (Lipinski definition) is 12. The standard InChI is InChI=1S/C46H51F4N11O5/c1-51-40-36(46(48,49)50)25-33(27-53-40)59-18-12-45(47,13-19-59)44(66)54-38-6-3-32(26-52-38)58-14-8-29(9-15-58)28-56-20-22-60(23-21-56)30-10-16-57(17-11-30)31-2-4-34-35(24-31)43(65)61(42(34)64)37-5-7-39(62)55-41(37)63/h2-4,6,24-27,29-30,37H,5,7-23,28H2,(H,52,54,66)(H,55,62,63). The highest BCUT2D eigenvalue weighted by molar-refractivity contribution is 6.23. The maximum absolute atomic E-state index is 15.8. The number of rotatable bonds is 9. The number of piperazine rings is 1. The summed E-state index contributed by atoms with van der Waals surface area (Å²) in [6.45, 7) is 15.5. The number of anilines is 4. The summed E-state index contributed by atoms with van der Waals surface area (Å²) in [5, 5.41) is 4.82. The molecule has 0 saturated carbocycles. The molecule has 2 aromatic heterocycles. The molecule has 0 spiro atoms. The van der Waals surface area contributed by atoms with Crippen molar-refractivity contribution in [2.45, 2.75) is 75.3 Å². The Morgan fingerprint density at radius 2 is 1.41 bits per heavy atom. The molecule has 0 bridgehead atoms. The van der Waals surface area contributed by atoms with E-state index < -0.39 is 58.8 Å². The first kappa shape index (κ1) is 45.0. The van der Waals surface area contributed by atoms with Gasteiger partial charge in [-0.05, 0) is 74.4 Å². The van der Waals surface area contributed by atoms with Crippen LogP contribution in [0.25, 0.3) is 4.85 Å². The highest BCUT2D eigenvalue weighted by atomic mass is 19.4. The molecule has 1 atom stereocenters. The number of aromatic nitrogens is 2. The number of carbonyl (C=O) groups is 5. The number of benzene rings is 1. The van der Waals surface area contributed by atoms with Gasteiger partial charge in [-0.15, -0.1) is 4.98 Å². The van der Waals surface area contributed by atoms with E-state index in [1.165, 1.54) is 11.1 Å². The third-order valence-corrected chi connectivity index (χ3v) is 14.3. The number of alkyl halides is 4. The van der Waals surface area contributed by atoms with Crippen molar-refractivity contribution in [3.8, 4) is 0 Å². The Kier molecular flexibility index (Phi) is 12.4. The summed E-state index contributed by atoms with van der Waals surface area (Å²) in [7, 11) is 0. The molecule has 20 heteroatoms. The summed E-state index contributed by atoms with van der Waals surface area (Å²) in [5.41, 5.74) is -0.878. The zero-order valence-corrected chi connectivity index (χ0v) is 36.4. The Balaban J connectivity index is 0.682. The average molecular weight is 914 g/mol. The quantitative estimate of drug-likeness (QED) is 0.170. The van der Waals surface area contributed by atoms with E-state index in [0.29, 0.717) is 17.5 Å². The molecular formula is C46H51F4N11O5. The van der Waals surface area contributed by atoms with Crippen molar-refractivity contribution < 1.29 is 41.5 Å². The first-order valence-electron chi connectivity index (χ1n) is 22.7. The number of piperidine rings is 4. The van der Waals surface area contributed by atoms with Gasteiger partial charge in [-0.2, -0.15) is 13.2 Å². The van der Waals surface area contributed by atoms with Crippen molar-refractivity contribution in [1.29, 1.82) is 0 Å². The Morgan fingerprint density at radius 3 is 2.06 bits per heavy atom. The molecule has 5 amide bonds. The van der Waals surface area contributed by atoms with E-state index in [1.807, 2.05) is 12.1 Å². The first-order chi connectivity index (χ1) is 31.7. The number of pyridine rings is 2. The zero-order valence-electron chi connectivity index (χ0n) is 36.4. The average Bonchev–Trinajstić information content (AvgIpc) is 3.57. The predicted molar refractivity (Wildman–Crippen MR) is 235 cm³/mol. The van der Waals surface area contributed by atoms with Gasteiger partial charge in [0.2, 0.25) is 11.8 Å². The smallest absolute Gasteiger partial charge is 0.371 e. The van der Waals surface area contributed by atoms with Crippen molar-refractivity contribution in [2.75, 3.05) is 92.0 Å². The summed E-state index contributed by atoms with van der Waals surface area (Å²) < 4.78 is 56.2. The Bertz CT molecular complexity index is 2420. The van der Waals surface area contributed by atoms with Crippen LogP contribution in [0.5, 0.6) is 0 Å². The van der Waals surface area contributed by atoms with Crippen LogP contribution in [0.3, 0.4) is 0 Å². The summed E-state index contributed by atoms with van der Waals surface area (Å²) >= 11 is 0. The molecule has 5 saturated heterocycles. The number of amides is 5. The second-order valence-electron chi connectivity index (χ2n) is 18.1. The molecule has 16 nitrogen and oxygen atoms in total. The highest BCUT2D eigenvalue weighted by Crippen LogP contribution is 2.39. The fourth-order valence-electron chi connectivity index (χ4n) is 10.3. The van der Waals surface area contributed by atoms with Crippen LogP contribution in [0.1, 0.15) is 77.6 Å². The molecule has 0 aliphatic carbocycles. The van der Waals surface area contributed by atoms with Crippen LogP contribution in [0.15, 0.2) is 48.8 Å². The van der Waals surface area contributed by atoms with Gasteiger partial charge in [-0.3, -0.25) is 39.1 Å². The number of fused-ring (bicyclic) bond motifs is 1. The monoisotopic (exact) mass is 913 g/mol. The zero-order chi connectivity index (χ0) is 46.3. The van der Waals surface area contributed by atoms with Crippen LogP contribution < -0.4 is 25.3 Å². The topological polar surface area (TPSA) is 159 Å². The normalized spacial score (nSPS) is 22.6. The SMILES string of the molecule is [C-]#[N+]c1ncc(N2CCC(F)(C(=O)Nc3ccc(N4CCC(CN5CCN(C6CCN(c7ccc8c(c7)C(=O)N(C7CCC(=O)NC7=O)C8=O)CC6)CC5)CC4)cn3)CC2)cc1C(F)(F)F. The fourth-order valence-corrected chi connectivity index (χ4v) is 10.3. The van der Waals surface area contributed by atoms with Crippen molar-refractivity contribution in [2.24, 2.45) is 5.92 Å². The van der Waals surface area contributed by atoms with Gasteiger partial charge in [-0.1, -0.05) is 6.57 Å². The fraction of sp³-hybridized carbons (Fsp3) is 0.522. The van der Waals surface area contributed by atoms with Crippen LogP contribution in [0.2, 0.25) is 0 Å². The van der Waals surface area contributed by atoms with Gasteiger partial charge in [-0.25, -0.2) is 9.37 Å². The van der Waals surface area contributed by atoms with Gasteiger partial charge in [0.15, 0.2) is 5.67 Å². The largest absolute Gasteiger partial charge is 0.409 e. The Hall–Kier alpha value is -6.20. The van der Waals surface area contributed by atoms with Gasteiger partial charge in [0.1, 0.15) is 18.1 Å². The van der Waals surface area contributed by atoms with E-state index in [-0.39, 0.29) is 55.8 Å². The lowest BCUT2D eigenvalue weighted by atomic mass is 9.92. The maximum atomic E-state index is 15.8. The third-order valence-electron chi connectivity index (χ3n) is 14.3. The second-order valence-corrected chi connectivity index (χ2v) is 18.1. The highest BCUT2D eigenvalue weighted by Gasteiger charge is 2.46. The van der Waals surface area contributed by atoms with E-state index in [9.17, 15) is 37.1 Å². The molecule has 1 unspecified atom stereocenters. The molecule has 1 aromatic carbocycles. The summed E-state index contributed by atoms with van der Waals surface area (Å²) in [6, 6.07) is 9.17. The van der Waals surface area contributed by atoms with Gasteiger partial charge >= 0.3 is 6.18 Å². The van der Waals surface area contributed by atoms with Gasteiger partial charge < -0.3 is 29.8 Å². The number of nitrogens with one attached hydrogen (secondary N) is 2. The predicted octanol–water partition coefficient (Wildman–Crippen LogP) is 4.90. The van der Waals surface area contributed by atoms with Crippen LogP contribution in [0.4, 0.5) is 46.3 Å². The van der Waals surface area contributed by atoms with Crippen molar-refractivity contribution in [1.82, 2.24) is 30.0 Å². The maximum Gasteiger partial charge on any atom is 0.409 e. The van der Waals surface area contributed by atoms with Crippen LogP contribution >= 0.6 is 0 Å². The summed E-state index contributed by atoms with van der Waals surface area (Å²) in [5.74, 6) is -2.82. The van der Waals surface area contributed by atoms with E-state index in [2.05, 4.69) is 45.0 Å². The lowest BCUT2D eigenvalue weighted by molar-refractivity contribution is -0.137. The first-order valence-corrected chi connectivity index (χ1v) is 22.7. The van der Waals surface area contributed by atoms with Gasteiger partial charge in [0, 0.05) is 103 Å². The third kappa shape index (κ3) is 9.14. The van der Waals surface area contributed by atoms with Crippen molar-refractivity contribution >= 4 is 58.2 Å². The van der Waals surface area contributed by atoms with E-state index in [0.717, 1.165) is 107 Å². The molecule has 6 aliphatic rings. The molecule has 8 heterocycles. The van der Waals surface area contributed by atoms with Crippen LogP contribution in [-0.2, 0) is 20.6 Å². The minimum Gasteiger partial charge on any atom is -0.371 e. The second kappa shape index (κ2) is 18.2. The molecule has 5 fully saturated rings. The molecule has 9 rings (SSSR count). The molecule has 66 heavy (non-hydrogen) atoms. The van der Waals surface area contributed by atoms with Gasteiger partial charge in [0.25, 0.3) is 23.5 Å². The number of hydrogen-bond donors (Lipinski definition) is 2. The molecule has 0 radical (unpaired) electrons. The van der Waals surface area contributed by atoms with Crippen molar-refractivity contribution in [3.63, 3.8) is 0 Å². The molecule has 3 aromatic rings. The summed E-state index contributed by atoms with van der Waals surface area (Å²) in [4.78, 5) is 86.8. The van der Waals surface area contributed by atoms with Gasteiger partial charge in [0.05, 0.1) is 34.3 Å².